The molecule has 1 aliphatic heterocycles. The first-order chi connectivity index (χ1) is 13.0. The molecule has 2 aliphatic rings. The molecule has 1 N–H and O–H groups in total. The van der Waals surface area contributed by atoms with Crippen LogP contribution in [-0.2, 0) is 19.4 Å². The molecule has 1 aliphatic carbocycles. The Morgan fingerprint density at radius 1 is 1.00 bits per heavy atom. The molecule has 1 fully saturated rings. The minimum Gasteiger partial charge on any atom is -0.314 e. The van der Waals surface area contributed by atoms with E-state index in [0.717, 1.165) is 51.6 Å². The molecule has 0 spiro atoms. The van der Waals surface area contributed by atoms with E-state index in [2.05, 4.69) is 46.4 Å². The first kappa shape index (κ1) is 18.5. The minimum absolute atomic E-state index is 0.0480. The van der Waals surface area contributed by atoms with E-state index in [4.69, 9.17) is 0 Å². The SMILES string of the molecule is CN(Cc1cc(F)cc(F)c1)CC1(N2CCNCC2)Cc2ccccc2C1. The van der Waals surface area contributed by atoms with Gasteiger partial charge in [0, 0.05) is 50.9 Å². The molecule has 2 aromatic rings. The summed E-state index contributed by atoms with van der Waals surface area (Å²) < 4.78 is 27.1. The first-order valence-electron chi connectivity index (χ1n) is 9.70. The van der Waals surface area contributed by atoms with Crippen LogP contribution in [0, 0.1) is 11.6 Å². The van der Waals surface area contributed by atoms with E-state index >= 15 is 0 Å². The lowest BCUT2D eigenvalue weighted by Gasteiger charge is -2.45. The highest BCUT2D eigenvalue weighted by Crippen LogP contribution is 2.35. The summed E-state index contributed by atoms with van der Waals surface area (Å²) in [5.74, 6) is -1.02. The molecule has 0 saturated carbocycles. The highest BCUT2D eigenvalue weighted by atomic mass is 19.1. The van der Waals surface area contributed by atoms with Gasteiger partial charge in [-0.2, -0.15) is 0 Å². The third-order valence-electron chi connectivity index (χ3n) is 5.88. The average Bonchev–Trinajstić information content (AvgIpc) is 3.00. The Hall–Kier alpha value is -1.82. The Morgan fingerprint density at radius 2 is 1.59 bits per heavy atom. The third-order valence-corrected chi connectivity index (χ3v) is 5.88. The van der Waals surface area contributed by atoms with Crippen LogP contribution in [0.5, 0.6) is 0 Å². The van der Waals surface area contributed by atoms with Crippen molar-refractivity contribution in [2.24, 2.45) is 0 Å². The fourth-order valence-electron chi connectivity index (χ4n) is 4.82. The molecule has 0 atom stereocenters. The highest BCUT2D eigenvalue weighted by molar-refractivity contribution is 5.37. The van der Waals surface area contributed by atoms with E-state index < -0.39 is 11.6 Å². The van der Waals surface area contributed by atoms with E-state index in [9.17, 15) is 8.78 Å². The number of nitrogens with zero attached hydrogens (tertiary/aromatic N) is 2. The zero-order valence-electron chi connectivity index (χ0n) is 15.8. The molecular formula is C22H27F2N3. The molecule has 27 heavy (non-hydrogen) atoms. The predicted molar refractivity (Wildman–Crippen MR) is 104 cm³/mol. The van der Waals surface area contributed by atoms with E-state index in [1.54, 1.807) is 0 Å². The number of hydrogen-bond donors (Lipinski definition) is 1. The second-order valence-corrected chi connectivity index (χ2v) is 8.03. The normalized spacial score (nSPS) is 19.4. The molecule has 0 aromatic heterocycles. The molecule has 3 nitrogen and oxygen atoms in total. The molecule has 0 unspecified atom stereocenters. The lowest BCUT2D eigenvalue weighted by Crippen LogP contribution is -2.61. The smallest absolute Gasteiger partial charge is 0.126 e. The van der Waals surface area contributed by atoms with Gasteiger partial charge in [0.25, 0.3) is 0 Å². The Balaban J connectivity index is 1.54. The van der Waals surface area contributed by atoms with Crippen LogP contribution in [0.25, 0.3) is 0 Å². The molecule has 2 aromatic carbocycles. The fourth-order valence-corrected chi connectivity index (χ4v) is 4.82. The molecule has 0 bridgehead atoms. The van der Waals surface area contributed by atoms with Crippen molar-refractivity contribution >= 4 is 0 Å². The van der Waals surface area contributed by atoms with Crippen molar-refractivity contribution in [2.45, 2.75) is 24.9 Å². The largest absolute Gasteiger partial charge is 0.314 e. The van der Waals surface area contributed by atoms with Crippen molar-refractivity contribution in [3.05, 3.63) is 70.8 Å². The predicted octanol–water partition coefficient (Wildman–Crippen LogP) is 2.84. The van der Waals surface area contributed by atoms with E-state index in [1.165, 1.54) is 23.3 Å². The van der Waals surface area contributed by atoms with Crippen molar-refractivity contribution in [1.29, 1.82) is 0 Å². The lowest BCUT2D eigenvalue weighted by molar-refractivity contribution is 0.0486. The van der Waals surface area contributed by atoms with Crippen LogP contribution in [0.3, 0.4) is 0 Å². The summed E-state index contributed by atoms with van der Waals surface area (Å²) in [6.45, 7) is 5.51. The summed E-state index contributed by atoms with van der Waals surface area (Å²) in [4.78, 5) is 4.83. The number of piperazine rings is 1. The summed E-state index contributed by atoms with van der Waals surface area (Å²) in [5, 5.41) is 3.44. The van der Waals surface area contributed by atoms with Gasteiger partial charge < -0.3 is 10.2 Å². The Morgan fingerprint density at radius 3 is 2.19 bits per heavy atom. The zero-order chi connectivity index (χ0) is 18.9. The zero-order valence-corrected chi connectivity index (χ0v) is 15.8. The van der Waals surface area contributed by atoms with Crippen LogP contribution < -0.4 is 5.32 Å². The quantitative estimate of drug-likeness (QED) is 0.872. The van der Waals surface area contributed by atoms with Crippen LogP contribution >= 0.6 is 0 Å². The molecule has 144 valence electrons. The summed E-state index contributed by atoms with van der Waals surface area (Å²) in [7, 11) is 2.05. The maximum absolute atomic E-state index is 13.6. The van der Waals surface area contributed by atoms with Crippen molar-refractivity contribution in [3.63, 3.8) is 0 Å². The fraction of sp³-hybridized carbons (Fsp3) is 0.455. The number of rotatable bonds is 5. The van der Waals surface area contributed by atoms with Gasteiger partial charge in [-0.25, -0.2) is 8.78 Å². The van der Waals surface area contributed by atoms with Gasteiger partial charge in [0.1, 0.15) is 11.6 Å². The van der Waals surface area contributed by atoms with Crippen molar-refractivity contribution in [2.75, 3.05) is 39.8 Å². The van der Waals surface area contributed by atoms with Crippen LogP contribution in [0.15, 0.2) is 42.5 Å². The van der Waals surface area contributed by atoms with Crippen LogP contribution in [0.1, 0.15) is 16.7 Å². The topological polar surface area (TPSA) is 18.5 Å². The van der Waals surface area contributed by atoms with Crippen LogP contribution in [0.2, 0.25) is 0 Å². The highest BCUT2D eigenvalue weighted by Gasteiger charge is 2.43. The Labute approximate surface area is 160 Å². The summed E-state index contributed by atoms with van der Waals surface area (Å²) in [6, 6.07) is 12.5. The van der Waals surface area contributed by atoms with Gasteiger partial charge in [-0.05, 0) is 48.7 Å². The van der Waals surface area contributed by atoms with E-state index in [1.807, 2.05) is 0 Å². The second kappa shape index (κ2) is 7.66. The van der Waals surface area contributed by atoms with Gasteiger partial charge in [-0.15, -0.1) is 0 Å². The standard InChI is InChI=1S/C22H27F2N3/c1-26(15-17-10-20(23)12-21(24)11-17)16-22(27-8-6-25-7-9-27)13-18-4-2-3-5-19(18)14-22/h2-5,10-12,25H,6-9,13-16H2,1H3. The van der Waals surface area contributed by atoms with Gasteiger partial charge >= 0.3 is 0 Å². The maximum Gasteiger partial charge on any atom is 0.126 e. The molecule has 0 amide bonds. The Kier molecular flexibility index (Phi) is 5.26. The van der Waals surface area contributed by atoms with Crippen LogP contribution in [0.4, 0.5) is 8.78 Å². The van der Waals surface area contributed by atoms with E-state index in [-0.39, 0.29) is 5.54 Å². The van der Waals surface area contributed by atoms with Crippen molar-refractivity contribution in [1.82, 2.24) is 15.1 Å². The third kappa shape index (κ3) is 4.05. The molecule has 4 rings (SSSR count). The number of benzene rings is 2. The van der Waals surface area contributed by atoms with Gasteiger partial charge in [0.2, 0.25) is 0 Å². The van der Waals surface area contributed by atoms with Gasteiger partial charge in [0.05, 0.1) is 0 Å². The monoisotopic (exact) mass is 371 g/mol. The van der Waals surface area contributed by atoms with Crippen LogP contribution in [-0.4, -0.2) is 55.1 Å². The lowest BCUT2D eigenvalue weighted by atomic mass is 9.91. The number of halogens is 2. The summed E-state index contributed by atoms with van der Waals surface area (Å²) >= 11 is 0. The number of fused-ring (bicyclic) bond motifs is 1. The van der Waals surface area contributed by atoms with Gasteiger partial charge in [-0.3, -0.25) is 4.90 Å². The molecule has 1 heterocycles. The maximum atomic E-state index is 13.6. The summed E-state index contributed by atoms with van der Waals surface area (Å²) in [5.41, 5.74) is 3.59. The van der Waals surface area contributed by atoms with Gasteiger partial charge in [-0.1, -0.05) is 24.3 Å². The van der Waals surface area contributed by atoms with Gasteiger partial charge in [0.15, 0.2) is 0 Å². The van der Waals surface area contributed by atoms with Crippen molar-refractivity contribution in [3.8, 4) is 0 Å². The number of hydrogen-bond acceptors (Lipinski definition) is 3. The Bertz CT molecular complexity index is 757. The average molecular weight is 371 g/mol. The molecular weight excluding hydrogens is 344 g/mol. The second-order valence-electron chi connectivity index (χ2n) is 8.03. The first-order valence-corrected chi connectivity index (χ1v) is 9.70. The summed E-state index contributed by atoms with van der Waals surface area (Å²) in [6.07, 6.45) is 2.07. The van der Waals surface area contributed by atoms with Crippen molar-refractivity contribution < 1.29 is 8.78 Å². The number of nitrogens with one attached hydrogen (secondary N) is 1. The molecule has 1 saturated heterocycles. The van der Waals surface area contributed by atoms with E-state index in [0.29, 0.717) is 12.1 Å². The minimum atomic E-state index is -0.511. The number of likely N-dealkylation sites (N-methyl/N-ethyl adjacent to an activating group) is 1. The molecule has 0 radical (unpaired) electrons. The molecule has 5 heteroatoms.